The van der Waals surface area contributed by atoms with Crippen LogP contribution in [0.15, 0.2) is 18.3 Å². The van der Waals surface area contributed by atoms with Crippen molar-refractivity contribution >= 4 is 21.9 Å². The maximum Gasteiger partial charge on any atom is 0.146 e. The first-order valence-corrected chi connectivity index (χ1v) is 5.97. The maximum absolute atomic E-state index is 4.62. The molecule has 1 aliphatic heterocycles. The van der Waals surface area contributed by atoms with Gasteiger partial charge in [0.1, 0.15) is 5.82 Å². The molecule has 5 nitrogen and oxygen atoms in total. The first kappa shape index (κ1) is 9.18. The van der Waals surface area contributed by atoms with Crippen molar-refractivity contribution in [3.63, 3.8) is 0 Å². The van der Waals surface area contributed by atoms with Gasteiger partial charge in [0, 0.05) is 11.6 Å². The number of aromatic nitrogens is 4. The molecule has 1 fully saturated rings. The van der Waals surface area contributed by atoms with E-state index in [9.17, 15) is 0 Å². The van der Waals surface area contributed by atoms with Gasteiger partial charge in [0.25, 0.3) is 0 Å². The Labute approximate surface area is 97.6 Å². The number of fused-ring (bicyclic) bond motifs is 2. The van der Waals surface area contributed by atoms with E-state index in [-0.39, 0.29) is 0 Å². The molecule has 5 heteroatoms. The van der Waals surface area contributed by atoms with Gasteiger partial charge in [-0.2, -0.15) is 0 Å². The molecule has 0 spiro atoms. The highest BCUT2D eigenvalue weighted by Gasteiger charge is 2.20. The Bertz CT molecular complexity index is 626. The zero-order valence-corrected chi connectivity index (χ0v) is 9.33. The second-order valence-corrected chi connectivity index (χ2v) is 4.57. The van der Waals surface area contributed by atoms with Gasteiger partial charge in [0.15, 0.2) is 0 Å². The Morgan fingerprint density at radius 1 is 1.18 bits per heavy atom. The normalized spacial score (nSPS) is 20.6. The van der Waals surface area contributed by atoms with Gasteiger partial charge < -0.3 is 15.5 Å². The summed E-state index contributed by atoms with van der Waals surface area (Å²) in [6.45, 7) is 1.07. The summed E-state index contributed by atoms with van der Waals surface area (Å²) in [5.74, 6) is 0.939. The van der Waals surface area contributed by atoms with E-state index < -0.39 is 0 Å². The van der Waals surface area contributed by atoms with Crippen molar-refractivity contribution in [2.24, 2.45) is 0 Å². The van der Waals surface area contributed by atoms with Gasteiger partial charge in [0.2, 0.25) is 0 Å². The molecule has 0 bridgehead atoms. The molecule has 3 N–H and O–H groups in total. The fraction of sp³-hybridized carbons (Fsp3) is 0.333. The molecule has 1 atom stereocenters. The number of imidazole rings is 1. The van der Waals surface area contributed by atoms with E-state index in [0.717, 1.165) is 40.7 Å². The molecule has 1 unspecified atom stereocenters. The zero-order valence-electron chi connectivity index (χ0n) is 9.33. The third kappa shape index (κ3) is 1.36. The summed E-state index contributed by atoms with van der Waals surface area (Å²) in [4.78, 5) is 9.24. The molecular formula is C12H13N5. The molecule has 1 saturated heterocycles. The highest BCUT2D eigenvalue weighted by molar-refractivity contribution is 5.92. The minimum absolute atomic E-state index is 0.340. The summed E-state index contributed by atoms with van der Waals surface area (Å²) in [6.07, 6.45) is 4.30. The van der Waals surface area contributed by atoms with Crippen molar-refractivity contribution in [2.75, 3.05) is 6.54 Å². The topological polar surface area (TPSA) is 69.4 Å². The predicted octanol–water partition coefficient (Wildman–Crippen LogP) is 1.86. The smallest absolute Gasteiger partial charge is 0.146 e. The van der Waals surface area contributed by atoms with Gasteiger partial charge in [-0.05, 0) is 31.5 Å². The molecule has 86 valence electrons. The Morgan fingerprint density at radius 3 is 2.88 bits per heavy atom. The number of rotatable bonds is 1. The number of benzene rings is 1. The number of hydrogen-bond acceptors (Lipinski definition) is 3. The lowest BCUT2D eigenvalue weighted by Crippen LogP contribution is -2.13. The summed E-state index contributed by atoms with van der Waals surface area (Å²) in [7, 11) is 0. The maximum atomic E-state index is 4.62. The van der Waals surface area contributed by atoms with E-state index in [1.54, 1.807) is 0 Å². The first-order chi connectivity index (χ1) is 8.40. The summed E-state index contributed by atoms with van der Waals surface area (Å²) >= 11 is 0. The highest BCUT2D eigenvalue weighted by Crippen LogP contribution is 2.25. The molecule has 3 aromatic rings. The van der Waals surface area contributed by atoms with Crippen molar-refractivity contribution in [1.82, 2.24) is 25.5 Å². The fourth-order valence-electron chi connectivity index (χ4n) is 2.52. The van der Waals surface area contributed by atoms with Crippen LogP contribution in [0.1, 0.15) is 24.7 Å². The van der Waals surface area contributed by atoms with Crippen molar-refractivity contribution in [1.29, 1.82) is 0 Å². The minimum atomic E-state index is 0.340. The van der Waals surface area contributed by atoms with E-state index in [1.165, 1.54) is 6.42 Å². The van der Waals surface area contributed by atoms with Gasteiger partial charge >= 0.3 is 0 Å². The molecule has 1 aromatic carbocycles. The van der Waals surface area contributed by atoms with Crippen molar-refractivity contribution in [2.45, 2.75) is 18.9 Å². The van der Waals surface area contributed by atoms with Crippen LogP contribution in [0.5, 0.6) is 0 Å². The zero-order chi connectivity index (χ0) is 11.2. The van der Waals surface area contributed by atoms with Gasteiger partial charge in [0.05, 0.1) is 22.6 Å². The Kier molecular flexibility index (Phi) is 1.78. The van der Waals surface area contributed by atoms with E-state index in [4.69, 9.17) is 0 Å². The van der Waals surface area contributed by atoms with Crippen LogP contribution in [-0.2, 0) is 0 Å². The number of H-pyrrole nitrogens is 2. The number of aromatic amines is 2. The van der Waals surface area contributed by atoms with Crippen LogP contribution in [0.4, 0.5) is 0 Å². The summed E-state index contributed by atoms with van der Waals surface area (Å²) in [6, 6.07) is 4.46. The average molecular weight is 227 g/mol. The Morgan fingerprint density at radius 2 is 2.06 bits per heavy atom. The number of nitrogens with one attached hydrogen (secondary N) is 3. The summed E-state index contributed by atoms with van der Waals surface area (Å²) in [5, 5.41) is 10.6. The lowest BCUT2D eigenvalue weighted by Gasteiger charge is -2.03. The van der Waals surface area contributed by atoms with Crippen molar-refractivity contribution in [3.05, 3.63) is 24.2 Å². The molecule has 0 saturated carbocycles. The molecule has 3 heterocycles. The third-order valence-electron chi connectivity index (χ3n) is 3.42. The van der Waals surface area contributed by atoms with Crippen molar-refractivity contribution < 1.29 is 0 Å². The highest BCUT2D eigenvalue weighted by atomic mass is 15.1. The van der Waals surface area contributed by atoms with Crippen LogP contribution in [0.25, 0.3) is 21.9 Å². The van der Waals surface area contributed by atoms with Gasteiger partial charge in [-0.3, -0.25) is 0 Å². The Balaban J connectivity index is 1.89. The van der Waals surface area contributed by atoms with E-state index in [2.05, 4.69) is 31.5 Å². The van der Waals surface area contributed by atoms with Crippen LogP contribution in [0.3, 0.4) is 0 Å². The lowest BCUT2D eigenvalue weighted by molar-refractivity contribution is 0.614. The molecule has 17 heavy (non-hydrogen) atoms. The summed E-state index contributed by atoms with van der Waals surface area (Å²) in [5.41, 5.74) is 3.02. The van der Waals surface area contributed by atoms with Crippen LogP contribution >= 0.6 is 0 Å². The SMILES string of the molecule is c1[nH][nH]c2cc3nc(C4CCCN4)nc3cc12. The summed E-state index contributed by atoms with van der Waals surface area (Å²) < 4.78 is 0. The van der Waals surface area contributed by atoms with E-state index >= 15 is 0 Å². The molecule has 1 aliphatic rings. The second kappa shape index (κ2) is 3.30. The standard InChI is InChI=1S/C12H13N5/c1-2-8(13-3-1)12-15-10-4-7-6-14-17-9(7)5-11(10)16-12/h4-6,8,13-14,17H,1-3H2. The fourth-order valence-corrected chi connectivity index (χ4v) is 2.52. The number of nitrogens with zero attached hydrogens (tertiary/aromatic N) is 2. The van der Waals surface area contributed by atoms with Crippen LogP contribution in [0, 0.1) is 0 Å². The third-order valence-corrected chi connectivity index (χ3v) is 3.42. The quantitative estimate of drug-likeness (QED) is 0.594. The average Bonchev–Trinajstić information content (AvgIpc) is 3.05. The lowest BCUT2D eigenvalue weighted by atomic mass is 10.2. The molecule has 0 amide bonds. The van der Waals surface area contributed by atoms with E-state index in [0.29, 0.717) is 6.04 Å². The molecule has 0 aliphatic carbocycles. The minimum Gasteiger partial charge on any atom is -0.307 e. The van der Waals surface area contributed by atoms with Gasteiger partial charge in [-0.1, -0.05) is 0 Å². The van der Waals surface area contributed by atoms with E-state index in [1.807, 2.05) is 12.3 Å². The number of hydrogen-bond donors (Lipinski definition) is 3. The van der Waals surface area contributed by atoms with Crippen LogP contribution in [0.2, 0.25) is 0 Å². The Hall–Kier alpha value is -1.88. The van der Waals surface area contributed by atoms with Crippen LogP contribution in [-0.4, -0.2) is 26.7 Å². The predicted molar refractivity (Wildman–Crippen MR) is 65.7 cm³/mol. The molecule has 4 rings (SSSR count). The monoisotopic (exact) mass is 227 g/mol. The first-order valence-electron chi connectivity index (χ1n) is 5.97. The molecule has 0 radical (unpaired) electrons. The van der Waals surface area contributed by atoms with Crippen LogP contribution < -0.4 is 5.32 Å². The molecule has 2 aromatic heterocycles. The molecular weight excluding hydrogens is 214 g/mol. The van der Waals surface area contributed by atoms with Crippen molar-refractivity contribution in [3.8, 4) is 0 Å². The largest absolute Gasteiger partial charge is 0.307 e. The van der Waals surface area contributed by atoms with Gasteiger partial charge in [-0.15, -0.1) is 0 Å². The second-order valence-electron chi connectivity index (χ2n) is 4.57. The van der Waals surface area contributed by atoms with Gasteiger partial charge in [-0.25, -0.2) is 9.97 Å².